The Kier molecular flexibility index (Phi) is 4.04. The number of methoxy groups -OCH3 is 2. The molecule has 0 radical (unpaired) electrons. The summed E-state index contributed by atoms with van der Waals surface area (Å²) in [6.45, 7) is 0. The second kappa shape index (κ2) is 5.73. The van der Waals surface area contributed by atoms with Crippen molar-refractivity contribution >= 4 is 12.1 Å². The van der Waals surface area contributed by atoms with Crippen LogP contribution in [0.2, 0.25) is 0 Å². The summed E-state index contributed by atoms with van der Waals surface area (Å²) in [6.07, 6.45) is 0.807. The standard InChI is InChI=1S/C14H17NO4/c1-18-13(16)12-9-8-11(15(12)14(17)19-2)10-6-4-3-5-7-10/h3-7,11-12H,8-9H2,1-2H3/t11?,12-/m0/s1. The van der Waals surface area contributed by atoms with Crippen molar-refractivity contribution < 1.29 is 19.1 Å². The monoisotopic (exact) mass is 263 g/mol. The highest BCUT2D eigenvalue weighted by Crippen LogP contribution is 2.36. The Labute approximate surface area is 112 Å². The van der Waals surface area contributed by atoms with Crippen molar-refractivity contribution in [3.8, 4) is 0 Å². The molecule has 1 aliphatic rings. The topological polar surface area (TPSA) is 55.8 Å². The van der Waals surface area contributed by atoms with Crippen LogP contribution in [-0.4, -0.2) is 37.2 Å². The lowest BCUT2D eigenvalue weighted by molar-refractivity contribution is -0.145. The van der Waals surface area contributed by atoms with Gasteiger partial charge in [-0.2, -0.15) is 0 Å². The predicted octanol–water partition coefficient (Wildman–Crippen LogP) is 2.13. The summed E-state index contributed by atoms with van der Waals surface area (Å²) >= 11 is 0. The van der Waals surface area contributed by atoms with Crippen LogP contribution in [0.3, 0.4) is 0 Å². The number of carbonyl (C=O) groups is 2. The quantitative estimate of drug-likeness (QED) is 0.767. The van der Waals surface area contributed by atoms with E-state index in [4.69, 9.17) is 9.47 Å². The van der Waals surface area contributed by atoms with Crippen LogP contribution in [0.5, 0.6) is 0 Å². The van der Waals surface area contributed by atoms with E-state index in [1.165, 1.54) is 19.1 Å². The van der Waals surface area contributed by atoms with Gasteiger partial charge in [-0.05, 0) is 18.4 Å². The number of amides is 1. The maximum absolute atomic E-state index is 11.9. The molecule has 1 unspecified atom stereocenters. The van der Waals surface area contributed by atoms with Gasteiger partial charge in [-0.1, -0.05) is 30.3 Å². The van der Waals surface area contributed by atoms with Crippen LogP contribution < -0.4 is 0 Å². The Morgan fingerprint density at radius 3 is 2.37 bits per heavy atom. The van der Waals surface area contributed by atoms with Crippen molar-refractivity contribution in [3.05, 3.63) is 35.9 Å². The minimum absolute atomic E-state index is 0.141. The number of hydrogen-bond acceptors (Lipinski definition) is 4. The molecule has 1 aliphatic heterocycles. The molecular formula is C14H17NO4. The summed E-state index contributed by atoms with van der Waals surface area (Å²) in [7, 11) is 2.64. The largest absolute Gasteiger partial charge is 0.467 e. The second-order valence-corrected chi connectivity index (χ2v) is 4.42. The third-order valence-corrected chi connectivity index (χ3v) is 3.43. The first-order valence-corrected chi connectivity index (χ1v) is 6.18. The molecule has 2 rings (SSSR count). The van der Waals surface area contributed by atoms with Gasteiger partial charge in [-0.25, -0.2) is 9.59 Å². The molecule has 0 spiro atoms. The first-order valence-electron chi connectivity index (χ1n) is 6.18. The number of ether oxygens (including phenoxy) is 2. The van der Waals surface area contributed by atoms with E-state index in [9.17, 15) is 9.59 Å². The summed E-state index contributed by atoms with van der Waals surface area (Å²) in [5.41, 5.74) is 0.999. The summed E-state index contributed by atoms with van der Waals surface area (Å²) in [6, 6.07) is 8.92. The molecule has 1 aromatic rings. The number of esters is 1. The Balaban J connectivity index is 2.29. The summed E-state index contributed by atoms with van der Waals surface area (Å²) in [5.74, 6) is -0.399. The number of rotatable bonds is 2. The average molecular weight is 263 g/mol. The van der Waals surface area contributed by atoms with Crippen molar-refractivity contribution in [3.63, 3.8) is 0 Å². The van der Waals surface area contributed by atoms with E-state index in [2.05, 4.69) is 0 Å². The lowest BCUT2D eigenvalue weighted by atomic mass is 10.1. The van der Waals surface area contributed by atoms with Gasteiger partial charge in [0, 0.05) is 0 Å². The number of carbonyl (C=O) groups excluding carboxylic acids is 2. The molecule has 0 bridgehead atoms. The molecule has 19 heavy (non-hydrogen) atoms. The fourth-order valence-electron chi connectivity index (χ4n) is 2.54. The second-order valence-electron chi connectivity index (χ2n) is 4.42. The van der Waals surface area contributed by atoms with Gasteiger partial charge in [0.1, 0.15) is 6.04 Å². The molecule has 0 N–H and O–H groups in total. The predicted molar refractivity (Wildman–Crippen MR) is 68.5 cm³/mol. The van der Waals surface area contributed by atoms with E-state index >= 15 is 0 Å². The normalized spacial score (nSPS) is 22.1. The molecular weight excluding hydrogens is 246 g/mol. The van der Waals surface area contributed by atoms with Gasteiger partial charge in [-0.3, -0.25) is 4.90 Å². The van der Waals surface area contributed by atoms with E-state index in [1.807, 2.05) is 30.3 Å². The third-order valence-electron chi connectivity index (χ3n) is 3.43. The first-order chi connectivity index (χ1) is 9.19. The Bertz CT molecular complexity index is 460. The minimum atomic E-state index is -0.567. The summed E-state index contributed by atoms with van der Waals surface area (Å²) in [4.78, 5) is 25.1. The number of hydrogen-bond donors (Lipinski definition) is 0. The van der Waals surface area contributed by atoms with Crippen LogP contribution in [-0.2, 0) is 14.3 Å². The third kappa shape index (κ3) is 2.54. The zero-order valence-corrected chi connectivity index (χ0v) is 11.0. The fourth-order valence-corrected chi connectivity index (χ4v) is 2.54. The molecule has 1 amide bonds. The van der Waals surface area contributed by atoms with Crippen LogP contribution in [0.25, 0.3) is 0 Å². The van der Waals surface area contributed by atoms with E-state index in [0.29, 0.717) is 6.42 Å². The van der Waals surface area contributed by atoms with E-state index < -0.39 is 18.1 Å². The number of likely N-dealkylation sites (tertiary alicyclic amines) is 1. The maximum atomic E-state index is 11.9. The average Bonchev–Trinajstić information content (AvgIpc) is 2.91. The van der Waals surface area contributed by atoms with Crippen LogP contribution >= 0.6 is 0 Å². The molecule has 0 saturated carbocycles. The van der Waals surface area contributed by atoms with Crippen LogP contribution in [0.15, 0.2) is 30.3 Å². The smallest absolute Gasteiger partial charge is 0.410 e. The SMILES string of the molecule is COC(=O)[C@@H]1CCC(c2ccccc2)N1C(=O)OC. The van der Waals surface area contributed by atoms with Crippen molar-refractivity contribution in [2.45, 2.75) is 24.9 Å². The molecule has 102 valence electrons. The van der Waals surface area contributed by atoms with Crippen LogP contribution in [0, 0.1) is 0 Å². The Morgan fingerprint density at radius 1 is 1.11 bits per heavy atom. The van der Waals surface area contributed by atoms with Gasteiger partial charge in [0.2, 0.25) is 0 Å². The van der Waals surface area contributed by atoms with Crippen LogP contribution in [0.4, 0.5) is 4.79 Å². The molecule has 1 saturated heterocycles. The molecule has 1 aromatic carbocycles. The molecule has 0 aromatic heterocycles. The van der Waals surface area contributed by atoms with E-state index in [0.717, 1.165) is 12.0 Å². The van der Waals surface area contributed by atoms with Gasteiger partial charge < -0.3 is 9.47 Å². The van der Waals surface area contributed by atoms with Gasteiger partial charge in [0.25, 0.3) is 0 Å². The number of nitrogens with zero attached hydrogens (tertiary/aromatic N) is 1. The van der Waals surface area contributed by atoms with Crippen molar-refractivity contribution in [2.75, 3.05) is 14.2 Å². The number of benzene rings is 1. The highest BCUT2D eigenvalue weighted by Gasteiger charge is 2.42. The molecule has 5 heteroatoms. The van der Waals surface area contributed by atoms with Crippen molar-refractivity contribution in [2.24, 2.45) is 0 Å². The molecule has 0 aliphatic carbocycles. The zero-order valence-electron chi connectivity index (χ0n) is 11.0. The van der Waals surface area contributed by atoms with Gasteiger partial charge in [0.15, 0.2) is 0 Å². The van der Waals surface area contributed by atoms with Gasteiger partial charge in [-0.15, -0.1) is 0 Å². The molecule has 1 fully saturated rings. The lowest BCUT2D eigenvalue weighted by Gasteiger charge is -2.27. The highest BCUT2D eigenvalue weighted by atomic mass is 16.5. The zero-order chi connectivity index (χ0) is 13.8. The lowest BCUT2D eigenvalue weighted by Crippen LogP contribution is -2.42. The van der Waals surface area contributed by atoms with Crippen molar-refractivity contribution in [1.82, 2.24) is 4.90 Å². The fraction of sp³-hybridized carbons (Fsp3) is 0.429. The van der Waals surface area contributed by atoms with Gasteiger partial charge in [0.05, 0.1) is 20.3 Å². The van der Waals surface area contributed by atoms with Gasteiger partial charge >= 0.3 is 12.1 Å². The molecule has 1 heterocycles. The van der Waals surface area contributed by atoms with Crippen molar-refractivity contribution in [1.29, 1.82) is 0 Å². The molecule has 5 nitrogen and oxygen atoms in total. The first kappa shape index (κ1) is 13.4. The summed E-state index contributed by atoms with van der Waals surface area (Å²) < 4.78 is 9.54. The summed E-state index contributed by atoms with van der Waals surface area (Å²) in [5, 5.41) is 0. The Morgan fingerprint density at radius 2 is 1.79 bits per heavy atom. The Hall–Kier alpha value is -2.04. The minimum Gasteiger partial charge on any atom is -0.467 e. The van der Waals surface area contributed by atoms with Crippen LogP contribution in [0.1, 0.15) is 24.4 Å². The molecule has 2 atom stereocenters. The maximum Gasteiger partial charge on any atom is 0.410 e. The van der Waals surface area contributed by atoms with E-state index in [1.54, 1.807) is 0 Å². The van der Waals surface area contributed by atoms with E-state index in [-0.39, 0.29) is 6.04 Å². The highest BCUT2D eigenvalue weighted by molar-refractivity contribution is 5.82.